The Balaban J connectivity index is 1.51. The smallest absolute Gasteiger partial charge is 0.261 e. The molecular formula is C24H22N4O2. The number of rotatable bonds is 7. The molecule has 0 saturated carbocycles. The Morgan fingerprint density at radius 3 is 2.03 bits per heavy atom. The van der Waals surface area contributed by atoms with Gasteiger partial charge >= 0.3 is 0 Å². The second-order valence-corrected chi connectivity index (χ2v) is 7.06. The molecule has 30 heavy (non-hydrogen) atoms. The minimum Gasteiger partial charge on any atom is -0.289 e. The molecule has 0 saturated heterocycles. The van der Waals surface area contributed by atoms with E-state index in [1.165, 1.54) is 10.9 Å². The highest BCUT2D eigenvalue weighted by atomic mass is 16.2. The van der Waals surface area contributed by atoms with E-state index in [0.717, 1.165) is 11.1 Å². The van der Waals surface area contributed by atoms with Crippen LogP contribution in [0.1, 0.15) is 11.1 Å². The lowest BCUT2D eigenvalue weighted by Gasteiger charge is -2.23. The Bertz CT molecular complexity index is 1150. The Hall–Kier alpha value is -3.77. The summed E-state index contributed by atoms with van der Waals surface area (Å²) in [6.45, 7) is 0.995. The predicted octanol–water partition coefficient (Wildman–Crippen LogP) is 3.13. The van der Waals surface area contributed by atoms with Crippen LogP contribution in [0.5, 0.6) is 0 Å². The fraction of sp³-hybridized carbons (Fsp3) is 0.125. The number of nitrogens with one attached hydrogen (secondary N) is 1. The molecule has 4 aromatic rings. The van der Waals surface area contributed by atoms with E-state index >= 15 is 0 Å². The second kappa shape index (κ2) is 9.15. The molecule has 0 aliphatic carbocycles. The number of hydrogen-bond acceptors (Lipinski definition) is 4. The quantitative estimate of drug-likeness (QED) is 0.486. The molecular weight excluding hydrogens is 376 g/mol. The molecule has 1 aromatic heterocycles. The van der Waals surface area contributed by atoms with Gasteiger partial charge in [0, 0.05) is 13.1 Å². The van der Waals surface area contributed by atoms with Gasteiger partial charge in [-0.1, -0.05) is 72.8 Å². The van der Waals surface area contributed by atoms with E-state index in [-0.39, 0.29) is 18.0 Å². The van der Waals surface area contributed by atoms with Crippen LogP contribution in [0, 0.1) is 0 Å². The van der Waals surface area contributed by atoms with Crippen LogP contribution in [0.15, 0.2) is 96.1 Å². The summed E-state index contributed by atoms with van der Waals surface area (Å²) in [7, 11) is 0. The number of hydrogen-bond donors (Lipinski definition) is 1. The highest BCUT2D eigenvalue weighted by Crippen LogP contribution is 2.08. The third-order valence-corrected chi connectivity index (χ3v) is 4.76. The Labute approximate surface area is 174 Å². The summed E-state index contributed by atoms with van der Waals surface area (Å²) in [5.41, 5.74) is 5.50. The molecule has 1 heterocycles. The molecule has 0 aliphatic heterocycles. The lowest BCUT2D eigenvalue weighted by molar-refractivity contribution is -0.127. The highest BCUT2D eigenvalue weighted by molar-refractivity contribution is 5.78. The first-order valence-electron chi connectivity index (χ1n) is 9.75. The normalized spacial score (nSPS) is 11.0. The van der Waals surface area contributed by atoms with Crippen molar-refractivity contribution < 1.29 is 4.79 Å². The van der Waals surface area contributed by atoms with Gasteiger partial charge in [-0.05, 0) is 23.3 Å². The molecule has 0 atom stereocenters. The number of nitrogens with zero attached hydrogens (tertiary/aromatic N) is 3. The van der Waals surface area contributed by atoms with Gasteiger partial charge in [0.25, 0.3) is 11.5 Å². The van der Waals surface area contributed by atoms with Gasteiger partial charge in [-0.15, -0.1) is 0 Å². The lowest BCUT2D eigenvalue weighted by atomic mass is 10.2. The summed E-state index contributed by atoms with van der Waals surface area (Å²) in [6.07, 6.45) is 1.42. The average Bonchev–Trinajstić information content (AvgIpc) is 2.77. The molecule has 0 fully saturated rings. The van der Waals surface area contributed by atoms with Crippen LogP contribution >= 0.6 is 0 Å². The number of para-hydroxylation sites is 1. The van der Waals surface area contributed by atoms with Gasteiger partial charge in [-0.2, -0.15) is 0 Å². The first-order valence-corrected chi connectivity index (χ1v) is 9.75. The molecule has 0 radical (unpaired) electrons. The van der Waals surface area contributed by atoms with Crippen molar-refractivity contribution in [2.24, 2.45) is 0 Å². The van der Waals surface area contributed by atoms with Crippen molar-refractivity contribution in [2.45, 2.75) is 19.6 Å². The number of hydrazine groups is 1. The number of carbonyl (C=O) groups is 1. The van der Waals surface area contributed by atoms with Gasteiger partial charge in [0.2, 0.25) is 0 Å². The van der Waals surface area contributed by atoms with E-state index in [9.17, 15) is 9.59 Å². The summed E-state index contributed by atoms with van der Waals surface area (Å²) in [6, 6.07) is 27.0. The molecule has 6 nitrogen and oxygen atoms in total. The van der Waals surface area contributed by atoms with Crippen molar-refractivity contribution >= 4 is 16.8 Å². The highest BCUT2D eigenvalue weighted by Gasteiger charge is 2.13. The van der Waals surface area contributed by atoms with Crippen molar-refractivity contribution in [3.63, 3.8) is 0 Å². The van der Waals surface area contributed by atoms with Crippen molar-refractivity contribution in [2.75, 3.05) is 0 Å². The summed E-state index contributed by atoms with van der Waals surface area (Å²) < 4.78 is 1.33. The standard InChI is InChI=1S/C24H22N4O2/c29-23(17-27-18-25-22-14-8-7-13-21(22)24(27)30)26-28(15-19-9-3-1-4-10-19)16-20-11-5-2-6-12-20/h1-14,18H,15-17H2,(H,26,29). The number of aromatic nitrogens is 2. The zero-order valence-corrected chi connectivity index (χ0v) is 16.4. The summed E-state index contributed by atoms with van der Waals surface area (Å²) >= 11 is 0. The van der Waals surface area contributed by atoms with E-state index in [0.29, 0.717) is 24.0 Å². The van der Waals surface area contributed by atoms with Crippen molar-refractivity contribution in [1.29, 1.82) is 0 Å². The second-order valence-electron chi connectivity index (χ2n) is 7.06. The van der Waals surface area contributed by atoms with Crippen LogP contribution < -0.4 is 11.0 Å². The SMILES string of the molecule is O=C(Cn1cnc2ccccc2c1=O)NN(Cc1ccccc1)Cc1ccccc1. The topological polar surface area (TPSA) is 67.2 Å². The van der Waals surface area contributed by atoms with Crippen LogP contribution in [0.2, 0.25) is 0 Å². The maximum absolute atomic E-state index is 12.8. The van der Waals surface area contributed by atoms with Gasteiger partial charge in [0.15, 0.2) is 0 Å². The third-order valence-electron chi connectivity index (χ3n) is 4.76. The molecule has 0 unspecified atom stereocenters. The number of carbonyl (C=O) groups excluding carboxylic acids is 1. The number of amides is 1. The van der Waals surface area contributed by atoms with Crippen molar-refractivity contribution in [3.05, 3.63) is 113 Å². The monoisotopic (exact) mass is 398 g/mol. The maximum atomic E-state index is 12.8. The fourth-order valence-electron chi connectivity index (χ4n) is 3.33. The first-order chi connectivity index (χ1) is 14.7. The van der Waals surface area contributed by atoms with Gasteiger partial charge in [-0.3, -0.25) is 19.6 Å². The van der Waals surface area contributed by atoms with Gasteiger partial charge in [-0.25, -0.2) is 9.99 Å². The molecule has 1 amide bonds. The molecule has 0 aliphatic rings. The van der Waals surface area contributed by atoms with Crippen molar-refractivity contribution in [1.82, 2.24) is 20.0 Å². The zero-order chi connectivity index (χ0) is 20.8. The summed E-state index contributed by atoms with van der Waals surface area (Å²) in [5.74, 6) is -0.277. The van der Waals surface area contributed by atoms with Gasteiger partial charge in [0.1, 0.15) is 6.54 Å². The van der Waals surface area contributed by atoms with Crippen LogP contribution in [-0.4, -0.2) is 20.5 Å². The fourth-order valence-corrected chi connectivity index (χ4v) is 3.33. The largest absolute Gasteiger partial charge is 0.289 e. The lowest BCUT2D eigenvalue weighted by Crippen LogP contribution is -2.43. The zero-order valence-electron chi connectivity index (χ0n) is 16.4. The summed E-state index contributed by atoms with van der Waals surface area (Å²) in [5, 5.41) is 2.35. The molecule has 150 valence electrons. The molecule has 3 aromatic carbocycles. The van der Waals surface area contributed by atoms with Gasteiger partial charge < -0.3 is 0 Å². The van der Waals surface area contributed by atoms with E-state index in [1.807, 2.05) is 71.7 Å². The average molecular weight is 398 g/mol. The minimum absolute atomic E-state index is 0.100. The number of fused-ring (bicyclic) bond motifs is 1. The Morgan fingerprint density at radius 2 is 1.40 bits per heavy atom. The van der Waals surface area contributed by atoms with E-state index in [2.05, 4.69) is 10.4 Å². The Kier molecular flexibility index (Phi) is 5.96. The molecule has 1 N–H and O–H groups in total. The molecule has 0 spiro atoms. The van der Waals surface area contributed by atoms with E-state index in [1.54, 1.807) is 18.2 Å². The Morgan fingerprint density at radius 1 is 0.833 bits per heavy atom. The van der Waals surface area contributed by atoms with E-state index < -0.39 is 0 Å². The molecule has 0 bridgehead atoms. The van der Waals surface area contributed by atoms with Gasteiger partial charge in [0.05, 0.1) is 17.2 Å². The molecule has 6 heteroatoms. The minimum atomic E-state index is -0.277. The number of benzene rings is 3. The van der Waals surface area contributed by atoms with Crippen LogP contribution in [0.4, 0.5) is 0 Å². The van der Waals surface area contributed by atoms with Crippen LogP contribution in [0.3, 0.4) is 0 Å². The van der Waals surface area contributed by atoms with Crippen molar-refractivity contribution in [3.8, 4) is 0 Å². The predicted molar refractivity (Wildman–Crippen MR) is 116 cm³/mol. The van der Waals surface area contributed by atoms with Crippen LogP contribution in [-0.2, 0) is 24.4 Å². The summed E-state index contributed by atoms with van der Waals surface area (Å²) in [4.78, 5) is 29.7. The first kappa shape index (κ1) is 19.5. The van der Waals surface area contributed by atoms with E-state index in [4.69, 9.17) is 0 Å². The molecule has 4 rings (SSSR count). The third kappa shape index (κ3) is 4.79. The maximum Gasteiger partial charge on any atom is 0.261 e. The van der Waals surface area contributed by atoms with Crippen LogP contribution in [0.25, 0.3) is 10.9 Å².